The summed E-state index contributed by atoms with van der Waals surface area (Å²) in [5.74, 6) is -0.990. The number of amides is 1. The van der Waals surface area contributed by atoms with Crippen molar-refractivity contribution in [1.82, 2.24) is 15.1 Å². The van der Waals surface area contributed by atoms with E-state index >= 15 is 0 Å². The number of hydrogen-bond donors (Lipinski definition) is 2. The van der Waals surface area contributed by atoms with Gasteiger partial charge in [0.25, 0.3) is 5.91 Å². The lowest BCUT2D eigenvalue weighted by Crippen LogP contribution is -2.46. The third kappa shape index (κ3) is 3.09. The fourth-order valence-electron chi connectivity index (χ4n) is 3.40. The van der Waals surface area contributed by atoms with Crippen molar-refractivity contribution in [2.75, 3.05) is 0 Å². The highest BCUT2D eigenvalue weighted by Crippen LogP contribution is 2.42. The second kappa shape index (κ2) is 6.43. The maximum absolute atomic E-state index is 12.7. The van der Waals surface area contributed by atoms with Crippen LogP contribution in [0, 0.1) is 12.8 Å². The lowest BCUT2D eigenvalue weighted by molar-refractivity contribution is -0.145. The van der Waals surface area contributed by atoms with E-state index in [0.717, 1.165) is 29.8 Å². The van der Waals surface area contributed by atoms with Crippen molar-refractivity contribution in [3.63, 3.8) is 0 Å². The summed E-state index contributed by atoms with van der Waals surface area (Å²) in [6, 6.07) is 5.68. The Kier molecular flexibility index (Phi) is 4.23. The monoisotopic (exact) mass is 373 g/mol. The van der Waals surface area contributed by atoms with Crippen molar-refractivity contribution in [3.8, 4) is 5.69 Å². The van der Waals surface area contributed by atoms with Crippen LogP contribution in [0.2, 0.25) is 5.02 Å². The molecule has 2 N–H and O–H groups in total. The van der Waals surface area contributed by atoms with Gasteiger partial charge in [-0.25, -0.2) is 4.68 Å². The van der Waals surface area contributed by atoms with Crippen LogP contribution < -0.4 is 5.32 Å². The van der Waals surface area contributed by atoms with Crippen molar-refractivity contribution in [2.45, 2.75) is 44.6 Å². The molecule has 2 aliphatic rings. The average molecular weight is 374 g/mol. The molecule has 0 unspecified atom stereocenters. The number of nitrogens with one attached hydrogen (secondary N) is 1. The molecule has 1 aromatic heterocycles. The largest absolute Gasteiger partial charge is 0.481 e. The van der Waals surface area contributed by atoms with E-state index in [2.05, 4.69) is 10.4 Å². The summed E-state index contributed by atoms with van der Waals surface area (Å²) in [6.07, 6.45) is 4.65. The highest BCUT2D eigenvalue weighted by Gasteiger charge is 2.37. The summed E-state index contributed by atoms with van der Waals surface area (Å²) in [7, 11) is 0. The molecule has 1 aromatic carbocycles. The summed E-state index contributed by atoms with van der Waals surface area (Å²) in [4.78, 5) is 23.6. The maximum Gasteiger partial charge on any atom is 0.306 e. The molecule has 0 spiro atoms. The SMILES string of the molecule is Cc1ccc(-n2ncc(C(=O)NC3CC(C(=O)O)C3)c2C2CC2)cc1Cl. The van der Waals surface area contributed by atoms with Gasteiger partial charge in [0.15, 0.2) is 0 Å². The third-order valence-electron chi connectivity index (χ3n) is 5.24. The van der Waals surface area contributed by atoms with Crippen molar-refractivity contribution in [3.05, 3.63) is 46.2 Å². The number of carbonyl (C=O) groups excluding carboxylic acids is 1. The molecule has 2 aromatic rings. The van der Waals surface area contributed by atoms with E-state index < -0.39 is 5.97 Å². The minimum atomic E-state index is -0.793. The van der Waals surface area contributed by atoms with Crippen LogP contribution >= 0.6 is 11.6 Å². The highest BCUT2D eigenvalue weighted by molar-refractivity contribution is 6.31. The van der Waals surface area contributed by atoms with E-state index in [9.17, 15) is 9.59 Å². The second-order valence-electron chi connectivity index (χ2n) is 7.24. The molecule has 2 aliphatic carbocycles. The molecule has 0 saturated heterocycles. The molecular formula is C19H20ClN3O3. The number of aliphatic carboxylic acids is 1. The molecular weight excluding hydrogens is 354 g/mol. The van der Waals surface area contributed by atoms with Gasteiger partial charge < -0.3 is 10.4 Å². The predicted molar refractivity (Wildman–Crippen MR) is 96.9 cm³/mol. The summed E-state index contributed by atoms with van der Waals surface area (Å²) < 4.78 is 1.80. The number of carbonyl (C=O) groups is 2. The number of benzene rings is 1. The molecule has 26 heavy (non-hydrogen) atoms. The van der Waals surface area contributed by atoms with Gasteiger partial charge >= 0.3 is 5.97 Å². The number of rotatable bonds is 5. The zero-order valence-corrected chi connectivity index (χ0v) is 15.2. The minimum absolute atomic E-state index is 0.0761. The summed E-state index contributed by atoms with van der Waals surface area (Å²) in [5.41, 5.74) is 3.32. The van der Waals surface area contributed by atoms with Crippen molar-refractivity contribution in [2.24, 2.45) is 5.92 Å². The Labute approximate surface area is 156 Å². The molecule has 0 aliphatic heterocycles. The molecule has 136 valence electrons. The van der Waals surface area contributed by atoms with Gasteiger partial charge in [0, 0.05) is 17.0 Å². The topological polar surface area (TPSA) is 84.2 Å². The van der Waals surface area contributed by atoms with Crippen molar-refractivity contribution < 1.29 is 14.7 Å². The van der Waals surface area contributed by atoms with Gasteiger partial charge in [-0.2, -0.15) is 5.10 Å². The lowest BCUT2D eigenvalue weighted by Gasteiger charge is -2.32. The van der Waals surface area contributed by atoms with Crippen LogP contribution in [0.4, 0.5) is 0 Å². The predicted octanol–water partition coefficient (Wildman–Crippen LogP) is 3.30. The minimum Gasteiger partial charge on any atom is -0.481 e. The van der Waals surface area contributed by atoms with Crippen LogP contribution in [-0.4, -0.2) is 32.8 Å². The van der Waals surface area contributed by atoms with Gasteiger partial charge in [0.05, 0.1) is 29.1 Å². The van der Waals surface area contributed by atoms with Gasteiger partial charge in [0.2, 0.25) is 0 Å². The smallest absolute Gasteiger partial charge is 0.306 e. The zero-order chi connectivity index (χ0) is 18.4. The summed E-state index contributed by atoms with van der Waals surface area (Å²) in [5, 5.41) is 17.0. The van der Waals surface area contributed by atoms with Crippen LogP contribution in [0.1, 0.15) is 53.2 Å². The summed E-state index contributed by atoms with van der Waals surface area (Å²) in [6.45, 7) is 1.94. The Balaban J connectivity index is 1.57. The van der Waals surface area contributed by atoms with Crippen LogP contribution in [0.3, 0.4) is 0 Å². The number of hydrogen-bond acceptors (Lipinski definition) is 3. The summed E-state index contributed by atoms with van der Waals surface area (Å²) >= 11 is 6.25. The highest BCUT2D eigenvalue weighted by atomic mass is 35.5. The zero-order valence-electron chi connectivity index (χ0n) is 14.4. The Morgan fingerprint density at radius 3 is 2.65 bits per heavy atom. The van der Waals surface area contributed by atoms with Crippen molar-refractivity contribution >= 4 is 23.5 Å². The Morgan fingerprint density at radius 2 is 2.04 bits per heavy atom. The van der Waals surface area contributed by atoms with Gasteiger partial charge in [-0.3, -0.25) is 9.59 Å². The first-order chi connectivity index (χ1) is 12.4. The normalized spacial score (nSPS) is 21.9. The first kappa shape index (κ1) is 17.1. The number of nitrogens with zero attached hydrogens (tertiary/aromatic N) is 2. The molecule has 7 heteroatoms. The number of aromatic nitrogens is 2. The molecule has 2 fully saturated rings. The Morgan fingerprint density at radius 1 is 1.31 bits per heavy atom. The van der Waals surface area contributed by atoms with E-state index in [1.165, 1.54) is 0 Å². The van der Waals surface area contributed by atoms with Crippen LogP contribution in [-0.2, 0) is 4.79 Å². The third-order valence-corrected chi connectivity index (χ3v) is 5.64. The molecule has 2 saturated carbocycles. The lowest BCUT2D eigenvalue weighted by atomic mass is 9.80. The van der Waals surface area contributed by atoms with E-state index in [0.29, 0.717) is 29.3 Å². The van der Waals surface area contributed by atoms with Gasteiger partial charge in [-0.1, -0.05) is 17.7 Å². The van der Waals surface area contributed by atoms with Crippen LogP contribution in [0.5, 0.6) is 0 Å². The van der Waals surface area contributed by atoms with Gasteiger partial charge in [0.1, 0.15) is 0 Å². The molecule has 0 bridgehead atoms. The van der Waals surface area contributed by atoms with Crippen LogP contribution in [0.25, 0.3) is 5.69 Å². The molecule has 6 nitrogen and oxygen atoms in total. The molecule has 1 amide bonds. The Bertz CT molecular complexity index is 882. The van der Waals surface area contributed by atoms with E-state index in [1.807, 2.05) is 25.1 Å². The number of aryl methyl sites for hydroxylation is 1. The molecule has 1 heterocycles. The average Bonchev–Trinajstić information content (AvgIpc) is 3.30. The fourth-order valence-corrected chi connectivity index (χ4v) is 3.58. The molecule has 4 rings (SSSR count). The Hall–Kier alpha value is -2.34. The first-order valence-electron chi connectivity index (χ1n) is 8.82. The standard InChI is InChI=1S/C19H20ClN3O3/c1-10-2-5-14(8-16(10)20)23-17(11-3-4-11)15(9-21-23)18(24)22-13-6-12(7-13)19(25)26/h2,5,8-9,11-13H,3-4,6-7H2,1H3,(H,22,24)(H,25,26). The van der Waals surface area contributed by atoms with E-state index in [1.54, 1.807) is 10.9 Å². The molecule has 0 radical (unpaired) electrons. The molecule has 0 atom stereocenters. The maximum atomic E-state index is 12.7. The van der Waals surface area contributed by atoms with Gasteiger partial charge in [-0.15, -0.1) is 0 Å². The van der Waals surface area contributed by atoms with E-state index in [4.69, 9.17) is 16.7 Å². The first-order valence-corrected chi connectivity index (χ1v) is 9.20. The second-order valence-corrected chi connectivity index (χ2v) is 7.65. The van der Waals surface area contributed by atoms with E-state index in [-0.39, 0.29) is 17.9 Å². The van der Waals surface area contributed by atoms with Crippen LogP contribution in [0.15, 0.2) is 24.4 Å². The quantitative estimate of drug-likeness (QED) is 0.842. The number of carboxylic acid groups (broad SMARTS) is 1. The number of carboxylic acids is 1. The fraction of sp³-hybridized carbons (Fsp3) is 0.421. The van der Waals surface area contributed by atoms with Crippen molar-refractivity contribution in [1.29, 1.82) is 0 Å². The number of halogens is 1. The van der Waals surface area contributed by atoms with Gasteiger partial charge in [-0.05, 0) is 50.3 Å².